The number of para-hydroxylation sites is 2. The molecule has 0 aliphatic heterocycles. The molecule has 1 heterocycles. The Labute approximate surface area is 438 Å². The fraction of sp³-hybridized carbons (Fsp3) is 0.0137. The average Bonchev–Trinajstić information content (AvgIpc) is 3.98. The predicted octanol–water partition coefficient (Wildman–Crippen LogP) is 19.3. The van der Waals surface area contributed by atoms with Gasteiger partial charge in [-0.3, -0.25) is 0 Å². The second kappa shape index (κ2) is 18.4. The largest absolute Gasteiger partial charge is 0.310 e. The summed E-state index contributed by atoms with van der Waals surface area (Å²) in [5, 5.41) is 2.46. The van der Waals surface area contributed by atoms with Crippen molar-refractivity contribution in [2.75, 3.05) is 4.90 Å². The van der Waals surface area contributed by atoms with Crippen LogP contribution in [0.1, 0.15) is 22.3 Å². The third-order valence-electron chi connectivity index (χ3n) is 15.5. The molecule has 1 aliphatic carbocycles. The first kappa shape index (κ1) is 44.0. The monoisotopic (exact) mass is 954 g/mol. The second-order valence-electron chi connectivity index (χ2n) is 19.6. The summed E-state index contributed by atoms with van der Waals surface area (Å²) in [6, 6.07) is 111. The van der Waals surface area contributed by atoms with Gasteiger partial charge < -0.3 is 9.47 Å². The molecule has 0 unspecified atom stereocenters. The zero-order valence-corrected chi connectivity index (χ0v) is 41.3. The Morgan fingerprint density at radius 3 is 1.37 bits per heavy atom. The number of hydrogen-bond acceptors (Lipinski definition) is 1. The van der Waals surface area contributed by atoms with Gasteiger partial charge in [0.2, 0.25) is 0 Å². The van der Waals surface area contributed by atoms with Crippen LogP contribution in [-0.2, 0) is 5.41 Å². The van der Waals surface area contributed by atoms with E-state index in [1.807, 2.05) is 0 Å². The van der Waals surface area contributed by atoms with Crippen LogP contribution >= 0.6 is 0 Å². The Bertz CT molecular complexity index is 4100. The lowest BCUT2D eigenvalue weighted by Crippen LogP contribution is -2.28. The van der Waals surface area contributed by atoms with Gasteiger partial charge in [-0.15, -0.1) is 0 Å². The molecule has 352 valence electrons. The van der Waals surface area contributed by atoms with Crippen molar-refractivity contribution in [3.63, 3.8) is 0 Å². The molecule has 0 atom stereocenters. The van der Waals surface area contributed by atoms with Crippen LogP contribution in [0.5, 0.6) is 0 Å². The number of aromatic nitrogens is 1. The molecule has 2 heteroatoms. The zero-order chi connectivity index (χ0) is 49.7. The maximum absolute atomic E-state index is 2.49. The van der Waals surface area contributed by atoms with Crippen molar-refractivity contribution in [2.45, 2.75) is 5.41 Å². The summed E-state index contributed by atoms with van der Waals surface area (Å²) in [6.07, 6.45) is 0. The highest BCUT2D eigenvalue weighted by atomic mass is 15.1. The average molecular weight is 955 g/mol. The number of benzene rings is 12. The summed E-state index contributed by atoms with van der Waals surface area (Å²) in [7, 11) is 0. The van der Waals surface area contributed by atoms with E-state index in [4.69, 9.17) is 0 Å². The summed E-state index contributed by atoms with van der Waals surface area (Å²) in [5.74, 6) is 0. The van der Waals surface area contributed by atoms with Gasteiger partial charge in [-0.25, -0.2) is 0 Å². The van der Waals surface area contributed by atoms with Crippen molar-refractivity contribution in [1.29, 1.82) is 0 Å². The standard InChI is InChI=1S/C73H50N2/c1-6-22-51(23-7-1)55-46-56(52-24-8-2-9-25-52)48-62(47-55)74(59-30-14-5-15-31-59)60-41-38-53(39-42-60)63-32-16-17-33-64(63)54-40-44-68-67-35-19-21-37-71(67)75(72(68)49-54)61-43-45-66-65-34-18-20-36-69(65)73(70(66)50-61,57-26-10-3-11-27-57)58-28-12-4-13-29-58/h1-50H. The zero-order valence-electron chi connectivity index (χ0n) is 41.3. The molecule has 1 aliphatic rings. The molecule has 0 N–H and O–H groups in total. The summed E-state index contributed by atoms with van der Waals surface area (Å²) < 4.78 is 2.49. The van der Waals surface area contributed by atoms with Crippen LogP contribution in [0.4, 0.5) is 17.1 Å². The molecule has 0 fully saturated rings. The molecule has 2 nitrogen and oxygen atoms in total. The van der Waals surface area contributed by atoms with E-state index in [-0.39, 0.29) is 0 Å². The first-order valence-corrected chi connectivity index (χ1v) is 25.9. The third kappa shape index (κ3) is 7.41. The Kier molecular flexibility index (Phi) is 10.8. The van der Waals surface area contributed by atoms with Crippen LogP contribution in [-0.4, -0.2) is 4.57 Å². The van der Waals surface area contributed by atoms with Gasteiger partial charge in [0.15, 0.2) is 0 Å². The second-order valence-corrected chi connectivity index (χ2v) is 19.6. The van der Waals surface area contributed by atoms with Gasteiger partial charge in [0, 0.05) is 33.5 Å². The molecule has 13 aromatic rings. The van der Waals surface area contributed by atoms with E-state index < -0.39 is 5.41 Å². The van der Waals surface area contributed by atoms with Crippen molar-refractivity contribution in [2.24, 2.45) is 0 Å². The Balaban J connectivity index is 0.894. The predicted molar refractivity (Wildman–Crippen MR) is 315 cm³/mol. The van der Waals surface area contributed by atoms with Gasteiger partial charge in [-0.05, 0) is 145 Å². The molecular weight excluding hydrogens is 905 g/mol. The summed E-state index contributed by atoms with van der Waals surface area (Å²) in [5.41, 5.74) is 23.3. The minimum atomic E-state index is -0.502. The molecule has 0 amide bonds. The minimum absolute atomic E-state index is 0.502. The van der Waals surface area contributed by atoms with Crippen LogP contribution in [0.2, 0.25) is 0 Å². The van der Waals surface area contributed by atoms with Gasteiger partial charge in [-0.2, -0.15) is 0 Å². The van der Waals surface area contributed by atoms with Gasteiger partial charge in [-0.1, -0.05) is 237 Å². The Morgan fingerprint density at radius 2 is 0.733 bits per heavy atom. The fourth-order valence-electron chi connectivity index (χ4n) is 12.1. The van der Waals surface area contributed by atoms with Crippen LogP contribution in [0.3, 0.4) is 0 Å². The topological polar surface area (TPSA) is 8.17 Å². The molecular formula is C73H50N2. The van der Waals surface area contributed by atoms with E-state index in [0.29, 0.717) is 0 Å². The molecule has 0 saturated heterocycles. The van der Waals surface area contributed by atoms with Crippen molar-refractivity contribution in [1.82, 2.24) is 4.57 Å². The number of hydrogen-bond donors (Lipinski definition) is 0. The minimum Gasteiger partial charge on any atom is -0.310 e. The summed E-state index contributed by atoms with van der Waals surface area (Å²) in [6.45, 7) is 0. The summed E-state index contributed by atoms with van der Waals surface area (Å²) in [4.78, 5) is 2.38. The normalized spacial score (nSPS) is 12.4. The van der Waals surface area contributed by atoms with E-state index in [1.54, 1.807) is 0 Å². The lowest BCUT2D eigenvalue weighted by atomic mass is 9.67. The van der Waals surface area contributed by atoms with Crippen molar-refractivity contribution in [3.8, 4) is 61.3 Å². The van der Waals surface area contributed by atoms with Crippen molar-refractivity contribution in [3.05, 3.63) is 326 Å². The molecule has 0 spiro atoms. The smallest absolute Gasteiger partial charge is 0.0714 e. The lowest BCUT2D eigenvalue weighted by molar-refractivity contribution is 0.767. The van der Waals surface area contributed by atoms with Crippen LogP contribution in [0.25, 0.3) is 83.1 Å². The maximum Gasteiger partial charge on any atom is 0.0714 e. The van der Waals surface area contributed by atoms with E-state index >= 15 is 0 Å². The molecule has 1 aromatic heterocycles. The number of anilines is 3. The first-order valence-electron chi connectivity index (χ1n) is 25.9. The number of fused-ring (bicyclic) bond motifs is 6. The third-order valence-corrected chi connectivity index (χ3v) is 15.5. The highest BCUT2D eigenvalue weighted by molar-refractivity contribution is 6.10. The highest BCUT2D eigenvalue weighted by Crippen LogP contribution is 2.57. The SMILES string of the molecule is c1ccc(-c2cc(-c3ccccc3)cc(N(c3ccccc3)c3ccc(-c4ccccc4-c4ccc5c6ccccc6n(-c6ccc7c(c6)C(c6ccccc6)(c6ccccc6)c6ccccc6-7)c5c4)cc3)c2)cc1. The van der Waals surface area contributed by atoms with E-state index in [1.165, 1.54) is 94.1 Å². The molecule has 12 aromatic carbocycles. The Morgan fingerprint density at radius 1 is 0.253 bits per heavy atom. The first-order chi connectivity index (χ1) is 37.2. The van der Waals surface area contributed by atoms with E-state index in [9.17, 15) is 0 Å². The number of rotatable bonds is 10. The molecule has 0 radical (unpaired) electrons. The quantitative estimate of drug-likeness (QED) is 0.133. The van der Waals surface area contributed by atoms with Crippen LogP contribution in [0.15, 0.2) is 303 Å². The Hall–Kier alpha value is -9.76. The lowest BCUT2D eigenvalue weighted by Gasteiger charge is -2.34. The van der Waals surface area contributed by atoms with Crippen molar-refractivity contribution >= 4 is 38.9 Å². The number of nitrogens with zero attached hydrogens (tertiary/aromatic N) is 2. The van der Waals surface area contributed by atoms with Crippen LogP contribution in [0, 0.1) is 0 Å². The fourth-order valence-corrected chi connectivity index (χ4v) is 12.1. The summed E-state index contributed by atoms with van der Waals surface area (Å²) >= 11 is 0. The van der Waals surface area contributed by atoms with E-state index in [2.05, 4.69) is 313 Å². The van der Waals surface area contributed by atoms with Gasteiger partial charge in [0.05, 0.1) is 16.4 Å². The molecule has 14 rings (SSSR count). The van der Waals surface area contributed by atoms with E-state index in [0.717, 1.165) is 28.3 Å². The molecule has 0 saturated carbocycles. The van der Waals surface area contributed by atoms with Gasteiger partial charge in [0.25, 0.3) is 0 Å². The van der Waals surface area contributed by atoms with Gasteiger partial charge >= 0.3 is 0 Å². The van der Waals surface area contributed by atoms with Crippen LogP contribution < -0.4 is 4.90 Å². The molecule has 0 bridgehead atoms. The van der Waals surface area contributed by atoms with Crippen molar-refractivity contribution < 1.29 is 0 Å². The van der Waals surface area contributed by atoms with Gasteiger partial charge in [0.1, 0.15) is 0 Å². The maximum atomic E-state index is 2.49. The molecule has 75 heavy (non-hydrogen) atoms. The highest BCUT2D eigenvalue weighted by Gasteiger charge is 2.46.